The number of ether oxygens (including phenoxy) is 2. The van der Waals surface area contributed by atoms with E-state index in [1.807, 2.05) is 12.1 Å². The topological polar surface area (TPSA) is 124 Å². The maximum Gasteiger partial charge on any atom is 0.530 e. The SMILES string of the molecule is Nc1ccn([C@@H]2CO[C@H](COP3(=O)OCc4ccccc4O3)O2)c(=O)n1. The zero-order chi connectivity index (χ0) is 18.1. The Balaban J connectivity index is 1.36. The average Bonchev–Trinajstić information content (AvgIpc) is 3.09. The van der Waals surface area contributed by atoms with Crippen LogP contribution in [0.3, 0.4) is 0 Å². The molecular weight excluding hydrogens is 365 g/mol. The van der Waals surface area contributed by atoms with Crippen molar-refractivity contribution in [3.63, 3.8) is 0 Å². The van der Waals surface area contributed by atoms with Gasteiger partial charge in [0.25, 0.3) is 0 Å². The Bertz CT molecular complexity index is 918. The fourth-order valence-corrected chi connectivity index (χ4v) is 3.75. The van der Waals surface area contributed by atoms with Crippen LogP contribution in [0.5, 0.6) is 5.75 Å². The van der Waals surface area contributed by atoms with E-state index in [-0.39, 0.29) is 25.6 Å². The fourth-order valence-electron chi connectivity index (χ4n) is 2.55. The zero-order valence-corrected chi connectivity index (χ0v) is 14.4. The lowest BCUT2D eigenvalue weighted by Crippen LogP contribution is -2.28. The molecule has 3 heterocycles. The molecule has 4 rings (SSSR count). The van der Waals surface area contributed by atoms with E-state index in [0.29, 0.717) is 5.75 Å². The van der Waals surface area contributed by atoms with Crippen molar-refractivity contribution in [2.24, 2.45) is 0 Å². The van der Waals surface area contributed by atoms with E-state index in [1.165, 1.54) is 16.8 Å². The predicted octanol–water partition coefficient (Wildman–Crippen LogP) is 1.43. The zero-order valence-electron chi connectivity index (χ0n) is 13.5. The average molecular weight is 381 g/mol. The van der Waals surface area contributed by atoms with Crippen LogP contribution < -0.4 is 15.9 Å². The first-order valence-electron chi connectivity index (χ1n) is 7.81. The van der Waals surface area contributed by atoms with Crippen LogP contribution in [-0.2, 0) is 29.7 Å². The summed E-state index contributed by atoms with van der Waals surface area (Å²) < 4.78 is 40.6. The minimum atomic E-state index is -3.76. The van der Waals surface area contributed by atoms with Crippen LogP contribution in [0.2, 0.25) is 0 Å². The van der Waals surface area contributed by atoms with E-state index in [9.17, 15) is 9.36 Å². The highest BCUT2D eigenvalue weighted by molar-refractivity contribution is 7.49. The summed E-state index contributed by atoms with van der Waals surface area (Å²) >= 11 is 0. The first-order chi connectivity index (χ1) is 12.5. The Morgan fingerprint density at radius 3 is 3.04 bits per heavy atom. The van der Waals surface area contributed by atoms with Crippen molar-refractivity contribution in [3.05, 3.63) is 52.6 Å². The highest BCUT2D eigenvalue weighted by Crippen LogP contribution is 2.54. The van der Waals surface area contributed by atoms with Crippen LogP contribution in [0.15, 0.2) is 41.3 Å². The Labute approximate surface area is 148 Å². The molecule has 2 N–H and O–H groups in total. The van der Waals surface area contributed by atoms with Crippen LogP contribution >= 0.6 is 7.82 Å². The van der Waals surface area contributed by atoms with Gasteiger partial charge in [-0.3, -0.25) is 13.6 Å². The predicted molar refractivity (Wildman–Crippen MR) is 88.2 cm³/mol. The van der Waals surface area contributed by atoms with Crippen molar-refractivity contribution in [2.75, 3.05) is 18.9 Å². The van der Waals surface area contributed by atoms with Gasteiger partial charge in [-0.15, -0.1) is 0 Å². The van der Waals surface area contributed by atoms with Gasteiger partial charge < -0.3 is 19.7 Å². The van der Waals surface area contributed by atoms with E-state index in [1.54, 1.807) is 12.1 Å². The number of nitrogens with two attached hydrogens (primary N) is 1. The molecule has 1 saturated heterocycles. The molecule has 138 valence electrons. The molecule has 10 nitrogen and oxygen atoms in total. The van der Waals surface area contributed by atoms with Crippen LogP contribution in [0.1, 0.15) is 11.8 Å². The first kappa shape index (κ1) is 17.2. The van der Waals surface area contributed by atoms with Crippen molar-refractivity contribution < 1.29 is 27.6 Å². The molecule has 1 aromatic heterocycles. The van der Waals surface area contributed by atoms with Crippen molar-refractivity contribution in [2.45, 2.75) is 19.1 Å². The monoisotopic (exact) mass is 381 g/mol. The number of nitrogen functional groups attached to an aromatic ring is 1. The molecule has 3 atom stereocenters. The number of aromatic nitrogens is 2. The van der Waals surface area contributed by atoms with Crippen LogP contribution in [-0.4, -0.2) is 29.1 Å². The Hall–Kier alpha value is -2.23. The Morgan fingerprint density at radius 2 is 2.19 bits per heavy atom. The number of phosphoric acid groups is 1. The van der Waals surface area contributed by atoms with Crippen LogP contribution in [0.25, 0.3) is 0 Å². The van der Waals surface area contributed by atoms with Crippen LogP contribution in [0.4, 0.5) is 5.82 Å². The third kappa shape index (κ3) is 3.50. The summed E-state index contributed by atoms with van der Waals surface area (Å²) in [5, 5.41) is 0. The number of fused-ring (bicyclic) bond motifs is 1. The fraction of sp³-hybridized carbons (Fsp3) is 0.333. The van der Waals surface area contributed by atoms with Gasteiger partial charge >= 0.3 is 13.5 Å². The summed E-state index contributed by atoms with van der Waals surface area (Å²) in [5.74, 6) is 0.572. The lowest BCUT2D eigenvalue weighted by molar-refractivity contribution is -0.0986. The Kier molecular flexibility index (Phi) is 4.51. The van der Waals surface area contributed by atoms with Crippen molar-refractivity contribution >= 4 is 13.6 Å². The largest absolute Gasteiger partial charge is 0.530 e. The van der Waals surface area contributed by atoms with Crippen LogP contribution in [0, 0.1) is 0 Å². The molecule has 26 heavy (non-hydrogen) atoms. The van der Waals surface area contributed by atoms with Gasteiger partial charge in [-0.25, -0.2) is 9.36 Å². The second-order valence-corrected chi connectivity index (χ2v) is 7.20. The third-order valence-corrected chi connectivity index (χ3v) is 5.16. The summed E-state index contributed by atoms with van der Waals surface area (Å²) in [6.07, 6.45) is -0.0485. The lowest BCUT2D eigenvalue weighted by atomic mass is 10.2. The lowest BCUT2D eigenvalue weighted by Gasteiger charge is -2.25. The highest BCUT2D eigenvalue weighted by atomic mass is 31.2. The standard InChI is InChI=1S/C15H16N3O7P/c16-12-5-6-18(15(19)17-12)13-8-21-14(24-13)9-23-26(20)22-7-10-3-1-2-4-11(10)25-26/h1-6,13-14H,7-9H2,(H2,16,17,19)/t13-,14-,26?/m0/s1. The molecule has 0 saturated carbocycles. The van der Waals surface area contributed by atoms with Crippen molar-refractivity contribution in [1.29, 1.82) is 0 Å². The van der Waals surface area contributed by atoms with E-state index in [2.05, 4.69) is 4.98 Å². The summed E-state index contributed by atoms with van der Waals surface area (Å²) in [7, 11) is -3.76. The van der Waals surface area contributed by atoms with Gasteiger partial charge in [0.2, 0.25) is 0 Å². The minimum Gasteiger partial charge on any atom is -0.404 e. The van der Waals surface area contributed by atoms with Gasteiger partial charge in [-0.05, 0) is 12.1 Å². The van der Waals surface area contributed by atoms with Crippen molar-refractivity contribution in [3.8, 4) is 5.75 Å². The number of anilines is 1. The molecule has 0 bridgehead atoms. The van der Waals surface area contributed by atoms with Crippen molar-refractivity contribution in [1.82, 2.24) is 9.55 Å². The number of benzene rings is 1. The number of nitrogens with zero attached hydrogens (tertiary/aromatic N) is 2. The number of phosphoric ester groups is 1. The molecule has 1 aromatic carbocycles. The summed E-state index contributed by atoms with van der Waals surface area (Å²) in [4.78, 5) is 15.5. The third-order valence-electron chi connectivity index (χ3n) is 3.82. The van der Waals surface area contributed by atoms with E-state index in [0.717, 1.165) is 5.56 Å². The molecule has 0 spiro atoms. The summed E-state index contributed by atoms with van der Waals surface area (Å²) in [6, 6.07) is 8.57. The number of hydrogen-bond donors (Lipinski definition) is 1. The number of hydrogen-bond acceptors (Lipinski definition) is 9. The number of rotatable bonds is 4. The first-order valence-corrected chi connectivity index (χ1v) is 9.27. The molecule has 0 radical (unpaired) electrons. The smallest absolute Gasteiger partial charge is 0.404 e. The second kappa shape index (κ2) is 6.82. The maximum atomic E-state index is 12.5. The van der Waals surface area contributed by atoms with Gasteiger partial charge in [0.15, 0.2) is 12.5 Å². The molecule has 2 aromatic rings. The van der Waals surface area contributed by atoms with Gasteiger partial charge in [0.05, 0.1) is 13.2 Å². The molecule has 2 aliphatic rings. The summed E-state index contributed by atoms with van der Waals surface area (Å²) in [5.41, 5.74) is 5.69. The molecule has 0 aliphatic carbocycles. The molecule has 2 aliphatic heterocycles. The van der Waals surface area contributed by atoms with Gasteiger partial charge in [0.1, 0.15) is 18.2 Å². The molecule has 1 unspecified atom stereocenters. The van der Waals surface area contributed by atoms with Gasteiger partial charge in [-0.1, -0.05) is 18.2 Å². The normalized spacial score (nSPS) is 27.7. The van der Waals surface area contributed by atoms with E-state index >= 15 is 0 Å². The maximum absolute atomic E-state index is 12.5. The van der Waals surface area contributed by atoms with E-state index < -0.39 is 26.0 Å². The molecular formula is C15H16N3O7P. The highest BCUT2D eigenvalue weighted by Gasteiger charge is 2.37. The molecule has 1 fully saturated rings. The summed E-state index contributed by atoms with van der Waals surface area (Å²) in [6.45, 7) is 0.0381. The van der Waals surface area contributed by atoms with Gasteiger partial charge in [-0.2, -0.15) is 4.98 Å². The molecule has 11 heteroatoms. The number of para-hydroxylation sites is 1. The van der Waals surface area contributed by atoms with Gasteiger partial charge in [0, 0.05) is 11.8 Å². The molecule has 0 amide bonds. The minimum absolute atomic E-state index is 0.106. The quantitative estimate of drug-likeness (QED) is 0.783. The Morgan fingerprint density at radius 1 is 1.35 bits per heavy atom. The second-order valence-electron chi connectivity index (χ2n) is 5.61. The van der Waals surface area contributed by atoms with E-state index in [4.69, 9.17) is 28.8 Å².